The number of amides is 1. The van der Waals surface area contributed by atoms with Crippen LogP contribution in [0.5, 0.6) is 0 Å². The second-order valence-electron chi connectivity index (χ2n) is 6.75. The van der Waals surface area contributed by atoms with Gasteiger partial charge in [-0.15, -0.1) is 0 Å². The van der Waals surface area contributed by atoms with E-state index in [0.717, 1.165) is 27.5 Å². The Morgan fingerprint density at radius 2 is 1.66 bits per heavy atom. The quantitative estimate of drug-likeness (QED) is 0.359. The summed E-state index contributed by atoms with van der Waals surface area (Å²) >= 11 is 18.0. The van der Waals surface area contributed by atoms with Crippen LogP contribution in [-0.2, 0) is 6.54 Å². The maximum absolute atomic E-state index is 12.9. The van der Waals surface area contributed by atoms with Crippen molar-refractivity contribution in [3.8, 4) is 11.3 Å². The molecule has 4 rings (SSSR count). The fraction of sp³-hybridized carbons (Fsp3) is 0.0870. The van der Waals surface area contributed by atoms with E-state index < -0.39 is 0 Å². The molecule has 0 aliphatic rings. The Labute approximate surface area is 183 Å². The van der Waals surface area contributed by atoms with Gasteiger partial charge in [0.1, 0.15) is 5.76 Å². The number of hydrogen-bond donors (Lipinski definition) is 1. The lowest BCUT2D eigenvalue weighted by Gasteiger charge is -2.05. The zero-order valence-electron chi connectivity index (χ0n) is 15.4. The summed E-state index contributed by atoms with van der Waals surface area (Å²) in [5.41, 5.74) is 2.78. The maximum Gasteiger partial charge on any atom is 0.287 e. The lowest BCUT2D eigenvalue weighted by molar-refractivity contribution is 0.0926. The molecule has 0 atom stereocenters. The van der Waals surface area contributed by atoms with Crippen LogP contribution in [0.4, 0.5) is 0 Å². The van der Waals surface area contributed by atoms with Crippen molar-refractivity contribution < 1.29 is 9.21 Å². The van der Waals surface area contributed by atoms with E-state index in [2.05, 4.69) is 5.32 Å². The Morgan fingerprint density at radius 3 is 2.38 bits per heavy atom. The lowest BCUT2D eigenvalue weighted by atomic mass is 10.0. The van der Waals surface area contributed by atoms with Crippen LogP contribution < -0.4 is 5.32 Å². The van der Waals surface area contributed by atoms with E-state index in [9.17, 15) is 4.79 Å². The lowest BCUT2D eigenvalue weighted by Crippen LogP contribution is -2.22. The summed E-state index contributed by atoms with van der Waals surface area (Å²) < 4.78 is 6.04. The number of nitrogens with one attached hydrogen (secondary N) is 1. The fourth-order valence-electron chi connectivity index (χ4n) is 3.15. The van der Waals surface area contributed by atoms with Gasteiger partial charge in [-0.2, -0.15) is 0 Å². The molecular weight excluding hydrogens is 429 g/mol. The third kappa shape index (κ3) is 4.13. The second-order valence-corrected chi connectivity index (χ2v) is 8.00. The third-order valence-electron chi connectivity index (χ3n) is 4.62. The Kier molecular flexibility index (Phi) is 5.55. The minimum atomic E-state index is -0.301. The van der Waals surface area contributed by atoms with Gasteiger partial charge in [0, 0.05) is 27.9 Å². The SMILES string of the molecule is Cc1ccc2c(C(=O)NCc3ccc(Cl)c(Cl)c3)oc(-c3ccc(Cl)cc3)c2c1. The van der Waals surface area contributed by atoms with E-state index in [1.165, 1.54) is 0 Å². The molecule has 0 spiro atoms. The van der Waals surface area contributed by atoms with Crippen molar-refractivity contribution in [1.29, 1.82) is 0 Å². The fourth-order valence-corrected chi connectivity index (χ4v) is 3.60. The first-order chi connectivity index (χ1) is 13.9. The maximum atomic E-state index is 12.9. The van der Waals surface area contributed by atoms with E-state index in [1.807, 2.05) is 43.3 Å². The Hall–Kier alpha value is -2.46. The summed E-state index contributed by atoms with van der Waals surface area (Å²) in [6.07, 6.45) is 0. The highest BCUT2D eigenvalue weighted by Crippen LogP contribution is 2.35. The summed E-state index contributed by atoms with van der Waals surface area (Å²) in [5, 5.41) is 6.08. The zero-order chi connectivity index (χ0) is 20.5. The van der Waals surface area contributed by atoms with Crippen LogP contribution in [0.3, 0.4) is 0 Å². The van der Waals surface area contributed by atoms with E-state index in [4.69, 9.17) is 39.2 Å². The molecule has 6 heteroatoms. The van der Waals surface area contributed by atoms with Gasteiger partial charge in [0.2, 0.25) is 0 Å². The van der Waals surface area contributed by atoms with Crippen molar-refractivity contribution in [1.82, 2.24) is 5.32 Å². The van der Waals surface area contributed by atoms with Gasteiger partial charge in [0.25, 0.3) is 5.91 Å². The molecule has 0 bridgehead atoms. The van der Waals surface area contributed by atoms with Crippen molar-refractivity contribution in [2.75, 3.05) is 0 Å². The molecule has 0 saturated carbocycles. The molecule has 0 aliphatic heterocycles. The summed E-state index contributed by atoms with van der Waals surface area (Å²) in [7, 11) is 0. The summed E-state index contributed by atoms with van der Waals surface area (Å²) in [4.78, 5) is 12.9. The molecule has 4 aromatic rings. The molecule has 1 aromatic heterocycles. The van der Waals surface area contributed by atoms with Crippen LogP contribution >= 0.6 is 34.8 Å². The van der Waals surface area contributed by atoms with E-state index in [1.54, 1.807) is 24.3 Å². The Morgan fingerprint density at radius 1 is 0.897 bits per heavy atom. The van der Waals surface area contributed by atoms with E-state index in [-0.39, 0.29) is 11.7 Å². The van der Waals surface area contributed by atoms with Gasteiger partial charge < -0.3 is 9.73 Å². The zero-order valence-corrected chi connectivity index (χ0v) is 17.7. The van der Waals surface area contributed by atoms with Crippen LogP contribution in [0.15, 0.2) is 65.1 Å². The van der Waals surface area contributed by atoms with Gasteiger partial charge in [0.15, 0.2) is 5.76 Å². The van der Waals surface area contributed by atoms with Crippen molar-refractivity contribution in [3.05, 3.63) is 92.6 Å². The monoisotopic (exact) mass is 443 g/mol. The molecule has 0 saturated heterocycles. The van der Waals surface area contributed by atoms with Crippen molar-refractivity contribution in [2.45, 2.75) is 13.5 Å². The molecule has 3 aromatic carbocycles. The van der Waals surface area contributed by atoms with Crippen LogP contribution in [0.2, 0.25) is 15.1 Å². The second kappa shape index (κ2) is 8.11. The van der Waals surface area contributed by atoms with Crippen molar-refractivity contribution in [2.24, 2.45) is 0 Å². The molecule has 3 nitrogen and oxygen atoms in total. The Bertz CT molecular complexity index is 1210. The number of hydrogen-bond acceptors (Lipinski definition) is 2. The van der Waals surface area contributed by atoms with Gasteiger partial charge in [-0.25, -0.2) is 0 Å². The minimum absolute atomic E-state index is 0.269. The molecular formula is C23H16Cl3NO2. The molecule has 146 valence electrons. The first kappa shape index (κ1) is 19.8. The summed E-state index contributed by atoms with van der Waals surface area (Å²) in [6.45, 7) is 2.31. The highest BCUT2D eigenvalue weighted by Gasteiger charge is 2.20. The highest BCUT2D eigenvalue weighted by molar-refractivity contribution is 6.42. The molecule has 1 N–H and O–H groups in total. The van der Waals surface area contributed by atoms with E-state index in [0.29, 0.717) is 27.4 Å². The number of rotatable bonds is 4. The first-order valence-corrected chi connectivity index (χ1v) is 10.1. The highest BCUT2D eigenvalue weighted by atomic mass is 35.5. The predicted octanol–water partition coefficient (Wildman–Crippen LogP) is 7.30. The molecule has 0 radical (unpaired) electrons. The number of halogens is 3. The van der Waals surface area contributed by atoms with Gasteiger partial charge in [-0.05, 0) is 55.0 Å². The minimum Gasteiger partial charge on any atom is -0.450 e. The average Bonchev–Trinajstić information content (AvgIpc) is 3.08. The molecule has 0 unspecified atom stereocenters. The number of furan rings is 1. The number of benzene rings is 3. The molecule has 0 fully saturated rings. The van der Waals surface area contributed by atoms with Crippen LogP contribution in [0.1, 0.15) is 21.7 Å². The molecule has 1 heterocycles. The normalized spacial score (nSPS) is 11.0. The van der Waals surface area contributed by atoms with Gasteiger partial charge in [-0.3, -0.25) is 4.79 Å². The molecule has 29 heavy (non-hydrogen) atoms. The van der Waals surface area contributed by atoms with Crippen molar-refractivity contribution in [3.63, 3.8) is 0 Å². The van der Waals surface area contributed by atoms with E-state index >= 15 is 0 Å². The van der Waals surface area contributed by atoms with Crippen LogP contribution in [-0.4, -0.2) is 5.91 Å². The van der Waals surface area contributed by atoms with Crippen molar-refractivity contribution >= 4 is 51.5 Å². The number of carbonyl (C=O) groups excluding carboxylic acids is 1. The molecule has 1 amide bonds. The average molecular weight is 445 g/mol. The topological polar surface area (TPSA) is 42.2 Å². The third-order valence-corrected chi connectivity index (χ3v) is 5.61. The largest absolute Gasteiger partial charge is 0.450 e. The number of aryl methyl sites for hydroxylation is 1. The van der Waals surface area contributed by atoms with Crippen LogP contribution in [0.25, 0.3) is 22.1 Å². The van der Waals surface area contributed by atoms with Gasteiger partial charge in [0.05, 0.1) is 10.0 Å². The number of fused-ring (bicyclic) bond motifs is 1. The van der Waals surface area contributed by atoms with Gasteiger partial charge in [-0.1, -0.05) is 58.6 Å². The summed E-state index contributed by atoms with van der Waals surface area (Å²) in [5.74, 6) is 0.607. The predicted molar refractivity (Wildman–Crippen MR) is 119 cm³/mol. The van der Waals surface area contributed by atoms with Crippen LogP contribution in [0, 0.1) is 6.92 Å². The molecule has 0 aliphatic carbocycles. The smallest absolute Gasteiger partial charge is 0.287 e. The number of carbonyl (C=O) groups is 1. The first-order valence-electron chi connectivity index (χ1n) is 8.93. The standard InChI is InChI=1S/C23H16Cl3NO2/c1-13-2-8-17-18(10-13)21(15-4-6-16(24)7-5-15)29-22(17)23(28)27-12-14-3-9-19(25)20(26)11-14/h2-11H,12H2,1H3,(H,27,28). The Balaban J connectivity index is 1.68. The van der Waals surface area contributed by atoms with Gasteiger partial charge >= 0.3 is 0 Å². The summed E-state index contributed by atoms with van der Waals surface area (Å²) in [6, 6.07) is 18.5.